The Morgan fingerprint density at radius 2 is 1.64 bits per heavy atom. The van der Waals surface area contributed by atoms with Crippen LogP contribution in [0.2, 0.25) is 5.02 Å². The van der Waals surface area contributed by atoms with E-state index < -0.39 is 5.67 Å². The molecule has 2 heteroatoms. The lowest BCUT2D eigenvalue weighted by atomic mass is 10.0. The molecule has 0 aliphatic carbocycles. The van der Waals surface area contributed by atoms with Crippen LogP contribution in [0.25, 0.3) is 0 Å². The number of benzene rings is 1. The molecule has 0 N–H and O–H groups in total. The first-order valence-electron chi connectivity index (χ1n) is 3.45. The maximum absolute atomic E-state index is 13.2. The highest BCUT2D eigenvalue weighted by Gasteiger charge is 2.17. The predicted molar refractivity (Wildman–Crippen MR) is 45.6 cm³/mol. The van der Waals surface area contributed by atoms with E-state index in [9.17, 15) is 4.39 Å². The fourth-order valence-electron chi connectivity index (χ4n) is 0.846. The van der Waals surface area contributed by atoms with Crippen LogP contribution in [0.3, 0.4) is 0 Å². The van der Waals surface area contributed by atoms with Crippen molar-refractivity contribution in [2.24, 2.45) is 0 Å². The zero-order valence-corrected chi connectivity index (χ0v) is 7.32. The number of alkyl halides is 1. The van der Waals surface area contributed by atoms with Crippen molar-refractivity contribution in [3.8, 4) is 0 Å². The van der Waals surface area contributed by atoms with Crippen LogP contribution in [0.1, 0.15) is 19.4 Å². The highest BCUT2D eigenvalue weighted by molar-refractivity contribution is 6.30. The largest absolute Gasteiger partial charge is 0.239 e. The molecule has 0 radical (unpaired) electrons. The Hall–Kier alpha value is -0.560. The molecular weight excluding hydrogens is 163 g/mol. The predicted octanol–water partition coefficient (Wildman–Crippen LogP) is 3.54. The van der Waals surface area contributed by atoms with Gasteiger partial charge in [0, 0.05) is 5.02 Å². The smallest absolute Gasteiger partial charge is 0.130 e. The summed E-state index contributed by atoms with van der Waals surface area (Å²) in [6.07, 6.45) is 0. The van der Waals surface area contributed by atoms with Crippen molar-refractivity contribution >= 4 is 11.6 Å². The molecule has 0 aliphatic rings. The van der Waals surface area contributed by atoms with Crippen LogP contribution in [0.4, 0.5) is 4.39 Å². The molecule has 0 aliphatic heterocycles. The lowest BCUT2D eigenvalue weighted by Gasteiger charge is -2.13. The normalized spacial score (nSPS) is 11.6. The van der Waals surface area contributed by atoms with E-state index in [0.29, 0.717) is 10.6 Å². The molecule has 1 aromatic rings. The van der Waals surface area contributed by atoms with Crippen LogP contribution in [0, 0.1) is 0 Å². The number of halogens is 2. The molecule has 11 heavy (non-hydrogen) atoms. The maximum atomic E-state index is 13.2. The van der Waals surface area contributed by atoms with Crippen LogP contribution >= 0.6 is 11.6 Å². The third-order valence-corrected chi connectivity index (χ3v) is 1.78. The van der Waals surface area contributed by atoms with E-state index in [1.807, 2.05) is 0 Å². The van der Waals surface area contributed by atoms with Gasteiger partial charge in [-0.05, 0) is 31.5 Å². The maximum Gasteiger partial charge on any atom is 0.130 e. The lowest BCUT2D eigenvalue weighted by molar-refractivity contribution is 0.221. The Labute approximate surface area is 71.0 Å². The van der Waals surface area contributed by atoms with E-state index >= 15 is 0 Å². The molecule has 0 fully saturated rings. The summed E-state index contributed by atoms with van der Waals surface area (Å²) >= 11 is 5.64. The molecule has 60 valence electrons. The molecular formula is C9H10ClF. The second-order valence-electron chi connectivity index (χ2n) is 2.98. The molecule has 1 rings (SSSR count). The Bertz CT molecular complexity index is 233. The molecule has 0 bridgehead atoms. The van der Waals surface area contributed by atoms with Gasteiger partial charge in [0.15, 0.2) is 0 Å². The number of hydrogen-bond acceptors (Lipinski definition) is 0. The van der Waals surface area contributed by atoms with Crippen molar-refractivity contribution < 1.29 is 4.39 Å². The molecule has 0 saturated carbocycles. The van der Waals surface area contributed by atoms with Gasteiger partial charge in [0.2, 0.25) is 0 Å². The Balaban J connectivity index is 2.99. The average molecular weight is 173 g/mol. The van der Waals surface area contributed by atoms with E-state index in [2.05, 4.69) is 0 Å². The van der Waals surface area contributed by atoms with Crippen molar-refractivity contribution in [2.75, 3.05) is 0 Å². The highest BCUT2D eigenvalue weighted by Crippen LogP contribution is 2.25. The van der Waals surface area contributed by atoms with Crippen LogP contribution in [-0.4, -0.2) is 0 Å². The third-order valence-electron chi connectivity index (χ3n) is 1.53. The summed E-state index contributed by atoms with van der Waals surface area (Å²) < 4.78 is 13.2. The Morgan fingerprint density at radius 3 is 2.00 bits per heavy atom. The van der Waals surface area contributed by atoms with Gasteiger partial charge in [-0.25, -0.2) is 4.39 Å². The molecule has 0 unspecified atom stereocenters. The van der Waals surface area contributed by atoms with E-state index in [-0.39, 0.29) is 0 Å². The second-order valence-corrected chi connectivity index (χ2v) is 3.42. The summed E-state index contributed by atoms with van der Waals surface area (Å²) in [6.45, 7) is 3.05. The van der Waals surface area contributed by atoms with Crippen molar-refractivity contribution in [1.29, 1.82) is 0 Å². The lowest BCUT2D eigenvalue weighted by Crippen LogP contribution is -2.08. The first-order valence-corrected chi connectivity index (χ1v) is 3.83. The topological polar surface area (TPSA) is 0 Å². The first kappa shape index (κ1) is 8.54. The first-order chi connectivity index (χ1) is 5.00. The minimum atomic E-state index is -1.27. The van der Waals surface area contributed by atoms with Crippen molar-refractivity contribution in [1.82, 2.24) is 0 Å². The van der Waals surface area contributed by atoms with Crippen molar-refractivity contribution in [3.05, 3.63) is 34.9 Å². The minimum absolute atomic E-state index is 0.637. The number of hydrogen-bond donors (Lipinski definition) is 0. The molecule has 0 heterocycles. The van der Waals surface area contributed by atoms with Gasteiger partial charge in [0.05, 0.1) is 0 Å². The monoisotopic (exact) mass is 172 g/mol. The van der Waals surface area contributed by atoms with Crippen LogP contribution in [-0.2, 0) is 5.67 Å². The van der Waals surface area contributed by atoms with Gasteiger partial charge >= 0.3 is 0 Å². The quantitative estimate of drug-likeness (QED) is 0.608. The molecule has 0 atom stereocenters. The van der Waals surface area contributed by atoms with Gasteiger partial charge < -0.3 is 0 Å². The average Bonchev–Trinajstić information content (AvgIpc) is 1.86. The van der Waals surface area contributed by atoms with Crippen LogP contribution in [0.15, 0.2) is 24.3 Å². The molecule has 0 spiro atoms. The summed E-state index contributed by atoms with van der Waals surface area (Å²) in [5.74, 6) is 0. The summed E-state index contributed by atoms with van der Waals surface area (Å²) in [5, 5.41) is 0.637. The molecule has 0 nitrogen and oxygen atoms in total. The molecule has 1 aromatic carbocycles. The van der Waals surface area contributed by atoms with E-state index in [0.717, 1.165) is 0 Å². The SMILES string of the molecule is CC(C)(F)c1ccc(Cl)cc1. The molecule has 0 saturated heterocycles. The Morgan fingerprint density at radius 1 is 1.18 bits per heavy atom. The molecule has 0 aromatic heterocycles. The standard InChI is InChI=1S/C9H10ClF/c1-9(2,11)7-3-5-8(10)6-4-7/h3-6H,1-2H3. The van der Waals surface area contributed by atoms with Gasteiger partial charge in [-0.15, -0.1) is 0 Å². The van der Waals surface area contributed by atoms with Crippen molar-refractivity contribution in [3.63, 3.8) is 0 Å². The van der Waals surface area contributed by atoms with Gasteiger partial charge in [0.1, 0.15) is 5.67 Å². The summed E-state index contributed by atoms with van der Waals surface area (Å²) in [4.78, 5) is 0. The number of rotatable bonds is 1. The zero-order chi connectivity index (χ0) is 8.48. The second kappa shape index (κ2) is 2.82. The summed E-state index contributed by atoms with van der Waals surface area (Å²) in [6, 6.07) is 6.78. The van der Waals surface area contributed by atoms with Crippen molar-refractivity contribution in [2.45, 2.75) is 19.5 Å². The highest BCUT2D eigenvalue weighted by atomic mass is 35.5. The van der Waals surface area contributed by atoms with E-state index in [1.54, 1.807) is 24.3 Å². The van der Waals surface area contributed by atoms with Gasteiger partial charge in [-0.3, -0.25) is 0 Å². The third kappa shape index (κ3) is 2.19. The van der Waals surface area contributed by atoms with Crippen LogP contribution < -0.4 is 0 Å². The van der Waals surface area contributed by atoms with Gasteiger partial charge in [-0.1, -0.05) is 23.7 Å². The Kier molecular flexibility index (Phi) is 2.19. The minimum Gasteiger partial charge on any atom is -0.239 e. The fraction of sp³-hybridized carbons (Fsp3) is 0.333. The molecule has 0 amide bonds. The van der Waals surface area contributed by atoms with E-state index in [4.69, 9.17) is 11.6 Å². The van der Waals surface area contributed by atoms with Gasteiger partial charge in [-0.2, -0.15) is 0 Å². The van der Waals surface area contributed by atoms with E-state index in [1.165, 1.54) is 13.8 Å². The summed E-state index contributed by atoms with van der Waals surface area (Å²) in [7, 11) is 0. The summed E-state index contributed by atoms with van der Waals surface area (Å²) in [5.41, 5.74) is -0.619. The van der Waals surface area contributed by atoms with Gasteiger partial charge in [0.25, 0.3) is 0 Å². The zero-order valence-electron chi connectivity index (χ0n) is 6.57. The van der Waals surface area contributed by atoms with Crippen LogP contribution in [0.5, 0.6) is 0 Å². The fourth-order valence-corrected chi connectivity index (χ4v) is 0.972.